The third kappa shape index (κ3) is 18.8. The highest BCUT2D eigenvalue weighted by Crippen LogP contribution is 2.15. The first-order chi connectivity index (χ1) is 13.8. The van der Waals surface area contributed by atoms with Crippen LogP contribution in [0.1, 0.15) is 149 Å². The fourth-order valence-corrected chi connectivity index (χ4v) is 4.09. The van der Waals surface area contributed by atoms with Crippen molar-refractivity contribution >= 4 is 5.91 Å². The molecule has 0 spiro atoms. The molecule has 0 aromatic rings. The third-order valence-corrected chi connectivity index (χ3v) is 6.11. The minimum absolute atomic E-state index is 0.344. The van der Waals surface area contributed by atoms with Crippen LogP contribution in [-0.2, 0) is 4.79 Å². The van der Waals surface area contributed by atoms with Gasteiger partial charge in [0, 0.05) is 19.5 Å². The van der Waals surface area contributed by atoms with Gasteiger partial charge < -0.3 is 4.90 Å². The number of rotatable bonds is 22. The molecule has 0 aliphatic carbocycles. The van der Waals surface area contributed by atoms with E-state index in [9.17, 15) is 4.79 Å². The Balaban J connectivity index is 3.13. The summed E-state index contributed by atoms with van der Waals surface area (Å²) < 4.78 is 0. The molecule has 2 heteroatoms. The first kappa shape index (κ1) is 27.5. The molecule has 0 heterocycles. The Morgan fingerprint density at radius 2 is 0.750 bits per heavy atom. The van der Waals surface area contributed by atoms with Gasteiger partial charge in [-0.3, -0.25) is 4.79 Å². The van der Waals surface area contributed by atoms with E-state index in [1.54, 1.807) is 0 Å². The number of hydrogen-bond acceptors (Lipinski definition) is 1. The predicted molar refractivity (Wildman–Crippen MR) is 126 cm³/mol. The first-order valence-corrected chi connectivity index (χ1v) is 13.0. The smallest absolute Gasteiger partial charge is 0.222 e. The van der Waals surface area contributed by atoms with Crippen LogP contribution in [0.15, 0.2) is 0 Å². The Morgan fingerprint density at radius 1 is 0.464 bits per heavy atom. The van der Waals surface area contributed by atoms with Gasteiger partial charge in [0.15, 0.2) is 0 Å². The van der Waals surface area contributed by atoms with Gasteiger partial charge in [-0.2, -0.15) is 0 Å². The molecule has 168 valence electrons. The van der Waals surface area contributed by atoms with Crippen molar-refractivity contribution in [2.24, 2.45) is 0 Å². The summed E-state index contributed by atoms with van der Waals surface area (Å²) in [6, 6.07) is 0. The normalized spacial score (nSPS) is 11.1. The number of carbonyl (C=O) groups is 1. The zero-order valence-corrected chi connectivity index (χ0v) is 19.9. The van der Waals surface area contributed by atoms with Crippen LogP contribution >= 0.6 is 0 Å². The zero-order chi connectivity index (χ0) is 20.7. The lowest BCUT2D eigenvalue weighted by Crippen LogP contribution is -2.30. The lowest BCUT2D eigenvalue weighted by molar-refractivity contribution is -0.130. The topological polar surface area (TPSA) is 20.3 Å². The minimum Gasteiger partial charge on any atom is -0.343 e. The lowest BCUT2D eigenvalue weighted by atomic mass is 10.0. The summed E-state index contributed by atoms with van der Waals surface area (Å²) in [6.07, 6.45) is 27.3. The van der Waals surface area contributed by atoms with E-state index in [-0.39, 0.29) is 0 Å². The van der Waals surface area contributed by atoms with Gasteiger partial charge in [0.1, 0.15) is 0 Å². The molecule has 0 aromatic heterocycles. The summed E-state index contributed by atoms with van der Waals surface area (Å²) in [5.41, 5.74) is 0. The summed E-state index contributed by atoms with van der Waals surface area (Å²) in [5.74, 6) is 0.344. The summed E-state index contributed by atoms with van der Waals surface area (Å²) in [7, 11) is 0. The highest BCUT2D eigenvalue weighted by Gasteiger charge is 2.08. The Labute approximate surface area is 178 Å². The number of carbonyl (C=O) groups excluding carboxylic acids is 1. The Hall–Kier alpha value is -0.530. The molecule has 0 aliphatic heterocycles. The van der Waals surface area contributed by atoms with E-state index in [0.717, 1.165) is 25.9 Å². The van der Waals surface area contributed by atoms with E-state index in [0.29, 0.717) is 5.91 Å². The average Bonchev–Trinajstić information content (AvgIpc) is 2.70. The fraction of sp³-hybridized carbons (Fsp3) is 0.962. The molecule has 0 aromatic carbocycles. The molecule has 28 heavy (non-hydrogen) atoms. The van der Waals surface area contributed by atoms with E-state index in [1.807, 2.05) is 4.90 Å². The van der Waals surface area contributed by atoms with Gasteiger partial charge in [-0.1, -0.05) is 122 Å². The minimum atomic E-state index is 0.344. The molecule has 0 fully saturated rings. The SMILES string of the molecule is CCCCCCCCCCCCCCCCCCCCCC(=O)N(CC)CC. The number of unbranched alkanes of at least 4 members (excludes halogenated alkanes) is 18. The second kappa shape index (κ2) is 22.8. The third-order valence-electron chi connectivity index (χ3n) is 6.11. The molecule has 0 atom stereocenters. The molecule has 0 rings (SSSR count). The quantitative estimate of drug-likeness (QED) is 0.168. The maximum atomic E-state index is 11.9. The van der Waals surface area contributed by atoms with Gasteiger partial charge in [0.25, 0.3) is 0 Å². The molecule has 0 N–H and O–H groups in total. The molecule has 0 saturated heterocycles. The molecule has 0 unspecified atom stereocenters. The van der Waals surface area contributed by atoms with E-state index in [2.05, 4.69) is 20.8 Å². The van der Waals surface area contributed by atoms with E-state index in [4.69, 9.17) is 0 Å². The predicted octanol–water partition coefficient (Wildman–Crippen LogP) is 8.68. The van der Waals surface area contributed by atoms with Crippen molar-refractivity contribution in [1.82, 2.24) is 4.90 Å². The molecule has 0 saturated carbocycles. The largest absolute Gasteiger partial charge is 0.343 e. The van der Waals surface area contributed by atoms with E-state index in [1.165, 1.54) is 116 Å². The van der Waals surface area contributed by atoms with Crippen LogP contribution < -0.4 is 0 Å². The van der Waals surface area contributed by atoms with Gasteiger partial charge in [-0.25, -0.2) is 0 Å². The highest BCUT2D eigenvalue weighted by atomic mass is 16.2. The second-order valence-corrected chi connectivity index (χ2v) is 8.68. The van der Waals surface area contributed by atoms with Crippen molar-refractivity contribution in [2.75, 3.05) is 13.1 Å². The molecule has 0 bridgehead atoms. The maximum Gasteiger partial charge on any atom is 0.222 e. The molecule has 2 nitrogen and oxygen atoms in total. The average molecular weight is 396 g/mol. The van der Waals surface area contributed by atoms with Crippen LogP contribution in [0.4, 0.5) is 0 Å². The van der Waals surface area contributed by atoms with E-state index < -0.39 is 0 Å². The summed E-state index contributed by atoms with van der Waals surface area (Å²) in [6.45, 7) is 8.14. The summed E-state index contributed by atoms with van der Waals surface area (Å²) in [4.78, 5) is 13.9. The second-order valence-electron chi connectivity index (χ2n) is 8.68. The van der Waals surface area contributed by atoms with Crippen molar-refractivity contribution in [3.63, 3.8) is 0 Å². The molecule has 0 aliphatic rings. The Bertz CT molecular complexity index is 312. The lowest BCUT2D eigenvalue weighted by Gasteiger charge is -2.18. The van der Waals surface area contributed by atoms with Crippen molar-refractivity contribution in [3.8, 4) is 0 Å². The van der Waals surface area contributed by atoms with Gasteiger partial charge >= 0.3 is 0 Å². The van der Waals surface area contributed by atoms with Crippen LogP contribution in [0.5, 0.6) is 0 Å². The van der Waals surface area contributed by atoms with E-state index >= 15 is 0 Å². The summed E-state index contributed by atoms with van der Waals surface area (Å²) in [5, 5.41) is 0. The number of nitrogens with zero attached hydrogens (tertiary/aromatic N) is 1. The van der Waals surface area contributed by atoms with Crippen LogP contribution in [0.2, 0.25) is 0 Å². The van der Waals surface area contributed by atoms with Gasteiger partial charge in [0.2, 0.25) is 5.91 Å². The molecular weight excluding hydrogens is 342 g/mol. The first-order valence-electron chi connectivity index (χ1n) is 13.0. The zero-order valence-electron chi connectivity index (χ0n) is 19.9. The standard InChI is InChI=1S/C26H53NO/c1-4-7-8-9-10-11-12-13-14-15-16-17-18-19-20-21-22-23-24-25-26(28)27(5-2)6-3/h4-25H2,1-3H3. The maximum absolute atomic E-state index is 11.9. The van der Waals surface area contributed by atoms with Crippen LogP contribution in [0.3, 0.4) is 0 Å². The number of amides is 1. The van der Waals surface area contributed by atoms with Crippen molar-refractivity contribution in [1.29, 1.82) is 0 Å². The van der Waals surface area contributed by atoms with Crippen molar-refractivity contribution in [2.45, 2.75) is 149 Å². The van der Waals surface area contributed by atoms with Gasteiger partial charge in [-0.05, 0) is 20.3 Å². The van der Waals surface area contributed by atoms with Crippen LogP contribution in [-0.4, -0.2) is 23.9 Å². The molecule has 0 radical (unpaired) electrons. The van der Waals surface area contributed by atoms with Crippen LogP contribution in [0, 0.1) is 0 Å². The molecular formula is C26H53NO. The van der Waals surface area contributed by atoms with Crippen LogP contribution in [0.25, 0.3) is 0 Å². The number of hydrogen-bond donors (Lipinski definition) is 0. The van der Waals surface area contributed by atoms with Crippen molar-refractivity contribution < 1.29 is 4.79 Å². The summed E-state index contributed by atoms with van der Waals surface area (Å²) >= 11 is 0. The van der Waals surface area contributed by atoms with Gasteiger partial charge in [-0.15, -0.1) is 0 Å². The van der Waals surface area contributed by atoms with Crippen molar-refractivity contribution in [3.05, 3.63) is 0 Å². The monoisotopic (exact) mass is 395 g/mol. The Morgan fingerprint density at radius 3 is 1.04 bits per heavy atom. The fourth-order valence-electron chi connectivity index (χ4n) is 4.09. The molecule has 1 amide bonds. The highest BCUT2D eigenvalue weighted by molar-refractivity contribution is 5.75. The van der Waals surface area contributed by atoms with Gasteiger partial charge in [0.05, 0.1) is 0 Å². The Kier molecular flexibility index (Phi) is 22.3.